The van der Waals surface area contributed by atoms with Gasteiger partial charge in [-0.3, -0.25) is 4.79 Å². The number of carbonyl (C=O) groups is 2. The maximum atomic E-state index is 11.8. The first-order valence-corrected chi connectivity index (χ1v) is 6.77. The molecule has 0 saturated carbocycles. The smallest absolute Gasteiger partial charge is 0.326 e. The molecule has 0 saturated heterocycles. The van der Waals surface area contributed by atoms with Gasteiger partial charge in [-0.1, -0.05) is 32.4 Å². The van der Waals surface area contributed by atoms with Crippen LogP contribution in [0, 0.1) is 5.92 Å². The fourth-order valence-electron chi connectivity index (χ4n) is 1.78. The Morgan fingerprint density at radius 1 is 1.29 bits per heavy atom. The van der Waals surface area contributed by atoms with Crippen LogP contribution >= 0.6 is 0 Å². The number of amides is 1. The lowest BCUT2D eigenvalue weighted by Gasteiger charge is -2.20. The van der Waals surface area contributed by atoms with Crippen molar-refractivity contribution in [1.29, 1.82) is 0 Å². The number of carboxylic acids is 1. The van der Waals surface area contributed by atoms with Gasteiger partial charge in [0.2, 0.25) is 0 Å². The van der Waals surface area contributed by atoms with Crippen LogP contribution in [0.15, 0.2) is 24.3 Å². The molecule has 6 nitrogen and oxygen atoms in total. The van der Waals surface area contributed by atoms with Crippen molar-refractivity contribution in [3.05, 3.63) is 24.3 Å². The second-order valence-electron chi connectivity index (χ2n) is 4.71. The van der Waals surface area contributed by atoms with Gasteiger partial charge in [-0.05, 0) is 18.1 Å². The van der Waals surface area contributed by atoms with Gasteiger partial charge in [0.15, 0.2) is 18.1 Å². The number of rotatable bonds is 8. The third-order valence-corrected chi connectivity index (χ3v) is 3.22. The molecule has 0 bridgehead atoms. The Bertz CT molecular complexity index is 489. The highest BCUT2D eigenvalue weighted by Crippen LogP contribution is 2.25. The Balaban J connectivity index is 2.59. The van der Waals surface area contributed by atoms with Crippen molar-refractivity contribution in [2.24, 2.45) is 5.92 Å². The first kappa shape index (κ1) is 16.8. The van der Waals surface area contributed by atoms with Crippen LogP contribution in [0.5, 0.6) is 11.5 Å². The van der Waals surface area contributed by atoms with Crippen LogP contribution in [0.3, 0.4) is 0 Å². The molecule has 116 valence electrons. The fraction of sp³-hybridized carbons (Fsp3) is 0.467. The van der Waals surface area contributed by atoms with E-state index in [-0.39, 0.29) is 12.5 Å². The van der Waals surface area contributed by atoms with E-state index >= 15 is 0 Å². The van der Waals surface area contributed by atoms with Crippen molar-refractivity contribution in [2.45, 2.75) is 26.3 Å². The molecule has 1 amide bonds. The number of hydrogen-bond acceptors (Lipinski definition) is 4. The van der Waals surface area contributed by atoms with E-state index in [2.05, 4.69) is 5.32 Å². The van der Waals surface area contributed by atoms with Gasteiger partial charge in [0, 0.05) is 0 Å². The van der Waals surface area contributed by atoms with Crippen molar-refractivity contribution in [2.75, 3.05) is 13.7 Å². The van der Waals surface area contributed by atoms with Gasteiger partial charge in [0.1, 0.15) is 6.04 Å². The van der Waals surface area contributed by atoms with Gasteiger partial charge in [0.05, 0.1) is 7.11 Å². The molecule has 0 aliphatic heterocycles. The summed E-state index contributed by atoms with van der Waals surface area (Å²) < 4.78 is 10.5. The summed E-state index contributed by atoms with van der Waals surface area (Å²) in [7, 11) is 1.51. The number of benzene rings is 1. The zero-order chi connectivity index (χ0) is 15.8. The largest absolute Gasteiger partial charge is 0.493 e. The number of carboxylic acid groups (broad SMARTS) is 1. The predicted molar refractivity (Wildman–Crippen MR) is 77.5 cm³/mol. The lowest BCUT2D eigenvalue weighted by molar-refractivity contribution is -0.143. The van der Waals surface area contributed by atoms with Gasteiger partial charge in [-0.15, -0.1) is 0 Å². The number of ether oxygens (including phenoxy) is 2. The third-order valence-electron chi connectivity index (χ3n) is 3.22. The molecule has 1 rings (SSSR count). The van der Waals surface area contributed by atoms with Crippen LogP contribution in [0.25, 0.3) is 0 Å². The Kier molecular flexibility index (Phi) is 6.52. The van der Waals surface area contributed by atoms with E-state index in [0.717, 1.165) is 0 Å². The Hall–Kier alpha value is -2.24. The summed E-state index contributed by atoms with van der Waals surface area (Å²) in [5.41, 5.74) is 0. The number of aliphatic carboxylic acids is 1. The number of carbonyl (C=O) groups excluding carboxylic acids is 1. The number of nitrogens with one attached hydrogen (secondary N) is 1. The van der Waals surface area contributed by atoms with Crippen molar-refractivity contribution in [3.63, 3.8) is 0 Å². The summed E-state index contributed by atoms with van der Waals surface area (Å²) in [5, 5.41) is 11.6. The van der Waals surface area contributed by atoms with E-state index in [9.17, 15) is 9.59 Å². The second-order valence-corrected chi connectivity index (χ2v) is 4.71. The summed E-state index contributed by atoms with van der Waals surface area (Å²) in [6.45, 7) is 3.39. The highest BCUT2D eigenvalue weighted by molar-refractivity contribution is 5.84. The molecule has 0 aliphatic carbocycles. The normalized spacial score (nSPS) is 13.1. The molecule has 1 aromatic rings. The molecule has 0 heterocycles. The molecule has 0 spiro atoms. The van der Waals surface area contributed by atoms with E-state index in [1.165, 1.54) is 7.11 Å². The highest BCUT2D eigenvalue weighted by atomic mass is 16.5. The number of para-hydroxylation sites is 2. The van der Waals surface area contributed by atoms with Crippen LogP contribution in [-0.2, 0) is 9.59 Å². The van der Waals surface area contributed by atoms with Crippen LogP contribution in [0.4, 0.5) is 0 Å². The molecule has 2 N–H and O–H groups in total. The molecule has 1 unspecified atom stereocenters. The van der Waals surface area contributed by atoms with Crippen LogP contribution in [-0.4, -0.2) is 36.7 Å². The first-order chi connectivity index (χ1) is 9.99. The van der Waals surface area contributed by atoms with Gasteiger partial charge in [-0.25, -0.2) is 4.79 Å². The zero-order valence-electron chi connectivity index (χ0n) is 12.5. The van der Waals surface area contributed by atoms with E-state index < -0.39 is 17.9 Å². The molecule has 0 aliphatic rings. The van der Waals surface area contributed by atoms with E-state index in [4.69, 9.17) is 14.6 Å². The molecular formula is C15H21NO5. The van der Waals surface area contributed by atoms with E-state index in [0.29, 0.717) is 17.9 Å². The average Bonchev–Trinajstić information content (AvgIpc) is 2.49. The topological polar surface area (TPSA) is 84.9 Å². The van der Waals surface area contributed by atoms with Gasteiger partial charge < -0.3 is 19.9 Å². The van der Waals surface area contributed by atoms with Crippen molar-refractivity contribution in [1.82, 2.24) is 5.32 Å². The molecular weight excluding hydrogens is 274 g/mol. The average molecular weight is 295 g/mol. The summed E-state index contributed by atoms with van der Waals surface area (Å²) >= 11 is 0. The molecule has 0 radical (unpaired) electrons. The Morgan fingerprint density at radius 3 is 2.43 bits per heavy atom. The standard InChI is InChI=1S/C15H21NO5/c1-4-10(2)14(15(18)19)16-13(17)9-21-12-8-6-5-7-11(12)20-3/h5-8,10,14H,4,9H2,1-3H3,(H,16,17)(H,18,19)/t10?,14-/m0/s1. The maximum Gasteiger partial charge on any atom is 0.326 e. The number of methoxy groups -OCH3 is 1. The third kappa shape index (κ3) is 4.98. The summed E-state index contributed by atoms with van der Waals surface area (Å²) in [6, 6.07) is 6.02. The van der Waals surface area contributed by atoms with Crippen molar-refractivity contribution in [3.8, 4) is 11.5 Å². The minimum atomic E-state index is -1.05. The lowest BCUT2D eigenvalue weighted by Crippen LogP contribution is -2.46. The number of hydrogen-bond donors (Lipinski definition) is 2. The Labute approximate surface area is 124 Å². The minimum absolute atomic E-state index is 0.155. The molecule has 6 heteroatoms. The van der Waals surface area contributed by atoms with E-state index in [1.54, 1.807) is 31.2 Å². The maximum absolute atomic E-state index is 11.8. The quantitative estimate of drug-likeness (QED) is 0.762. The van der Waals surface area contributed by atoms with Crippen LogP contribution < -0.4 is 14.8 Å². The first-order valence-electron chi connectivity index (χ1n) is 6.77. The van der Waals surface area contributed by atoms with Crippen molar-refractivity contribution < 1.29 is 24.2 Å². The minimum Gasteiger partial charge on any atom is -0.493 e. The molecule has 1 aromatic carbocycles. The van der Waals surface area contributed by atoms with Gasteiger partial charge in [0.25, 0.3) is 5.91 Å². The molecule has 0 aromatic heterocycles. The van der Waals surface area contributed by atoms with Gasteiger partial charge >= 0.3 is 5.97 Å². The molecule has 21 heavy (non-hydrogen) atoms. The predicted octanol–water partition coefficient (Wildman–Crippen LogP) is 1.69. The van der Waals surface area contributed by atoms with Gasteiger partial charge in [-0.2, -0.15) is 0 Å². The zero-order valence-corrected chi connectivity index (χ0v) is 12.5. The summed E-state index contributed by atoms with van der Waals surface area (Å²) in [6.07, 6.45) is 0.657. The van der Waals surface area contributed by atoms with Crippen molar-refractivity contribution >= 4 is 11.9 Å². The van der Waals surface area contributed by atoms with Crippen LogP contribution in [0.2, 0.25) is 0 Å². The fourth-order valence-corrected chi connectivity index (χ4v) is 1.78. The highest BCUT2D eigenvalue weighted by Gasteiger charge is 2.25. The monoisotopic (exact) mass is 295 g/mol. The lowest BCUT2D eigenvalue weighted by atomic mass is 9.99. The summed E-state index contributed by atoms with van der Waals surface area (Å²) in [4.78, 5) is 22.9. The molecule has 2 atom stereocenters. The van der Waals surface area contributed by atoms with E-state index in [1.807, 2.05) is 6.92 Å². The second kappa shape index (κ2) is 8.14. The van der Waals surface area contributed by atoms with Crippen LogP contribution in [0.1, 0.15) is 20.3 Å². The SMILES string of the molecule is CCC(C)[C@H](NC(=O)COc1ccccc1OC)C(=O)O. The summed E-state index contributed by atoms with van der Waals surface area (Å²) in [5.74, 6) is -0.728. The Morgan fingerprint density at radius 2 is 1.90 bits per heavy atom. The molecule has 0 fully saturated rings.